The average Bonchev–Trinajstić information content (AvgIpc) is 2.72. The van der Waals surface area contributed by atoms with Crippen LogP contribution in [0.2, 0.25) is 0 Å². The molecule has 0 aromatic heterocycles. The third-order valence-corrected chi connectivity index (χ3v) is 7.76. The van der Waals surface area contributed by atoms with Gasteiger partial charge in [-0.25, -0.2) is 13.2 Å². The highest BCUT2D eigenvalue weighted by Crippen LogP contribution is 2.27. The van der Waals surface area contributed by atoms with Crippen molar-refractivity contribution in [2.75, 3.05) is 57.0 Å². The van der Waals surface area contributed by atoms with Gasteiger partial charge in [0.1, 0.15) is 5.60 Å². The predicted molar refractivity (Wildman–Crippen MR) is 128 cm³/mol. The molecule has 1 amide bonds. The van der Waals surface area contributed by atoms with Gasteiger partial charge in [0.25, 0.3) is 0 Å². The highest BCUT2D eigenvalue weighted by Gasteiger charge is 2.31. The number of likely N-dealkylation sites (tertiary alicyclic amines) is 1. The van der Waals surface area contributed by atoms with Gasteiger partial charge in [-0.3, -0.25) is 4.90 Å². The number of ether oxygens (including phenoxy) is 1. The number of amides is 1. The fourth-order valence-electron chi connectivity index (χ4n) is 4.26. The lowest BCUT2D eigenvalue weighted by molar-refractivity contribution is 0.0179. The van der Waals surface area contributed by atoms with Crippen LogP contribution >= 0.6 is 11.6 Å². The Balaban J connectivity index is 1.42. The summed E-state index contributed by atoms with van der Waals surface area (Å²) in [5, 5.41) is 0.0661. The van der Waals surface area contributed by atoms with E-state index in [4.69, 9.17) is 16.3 Å². The molecule has 1 aromatic rings. The molecule has 1 atom stereocenters. The largest absolute Gasteiger partial charge is 0.444 e. The fraction of sp³-hybridized carbons (Fsp3) is 0.696. The van der Waals surface area contributed by atoms with Crippen molar-refractivity contribution in [2.45, 2.75) is 49.5 Å². The Labute approximate surface area is 197 Å². The summed E-state index contributed by atoms with van der Waals surface area (Å²) in [4.78, 5) is 19.1. The second-order valence-electron chi connectivity index (χ2n) is 9.87. The Morgan fingerprint density at radius 3 is 2.12 bits per heavy atom. The normalized spacial score (nSPS) is 20.3. The van der Waals surface area contributed by atoms with E-state index < -0.39 is 15.4 Å². The van der Waals surface area contributed by atoms with Gasteiger partial charge >= 0.3 is 6.09 Å². The molecule has 0 N–H and O–H groups in total. The summed E-state index contributed by atoms with van der Waals surface area (Å²) in [6, 6.07) is 7.12. The van der Waals surface area contributed by atoms with Crippen LogP contribution in [0.25, 0.3) is 0 Å². The molecule has 2 saturated heterocycles. The lowest BCUT2D eigenvalue weighted by Gasteiger charge is -2.39. The van der Waals surface area contributed by atoms with E-state index in [-0.39, 0.29) is 11.5 Å². The number of piperidine rings is 1. The first-order valence-electron chi connectivity index (χ1n) is 11.3. The van der Waals surface area contributed by atoms with Crippen molar-refractivity contribution in [3.05, 3.63) is 24.3 Å². The maximum absolute atomic E-state index is 12.3. The highest BCUT2D eigenvalue weighted by atomic mass is 35.5. The Kier molecular flexibility index (Phi) is 7.99. The van der Waals surface area contributed by atoms with Gasteiger partial charge in [-0.05, 0) is 63.8 Å². The van der Waals surface area contributed by atoms with Crippen LogP contribution in [0.3, 0.4) is 0 Å². The molecule has 180 valence electrons. The third kappa shape index (κ3) is 6.99. The van der Waals surface area contributed by atoms with Gasteiger partial charge in [-0.2, -0.15) is 0 Å². The maximum Gasteiger partial charge on any atom is 0.410 e. The van der Waals surface area contributed by atoms with E-state index in [1.54, 1.807) is 17.0 Å². The number of hydrogen-bond acceptors (Lipinski definition) is 6. The molecule has 32 heavy (non-hydrogen) atoms. The zero-order chi connectivity index (χ0) is 23.5. The predicted octanol–water partition coefficient (Wildman–Crippen LogP) is 3.47. The first kappa shape index (κ1) is 25.1. The SMILES string of the molecule is CC(C)(C)OC(=O)N1CCC(C(Cl)CN2CCN(c3ccc(S(C)(=O)=O)cc3)CC2)CC1. The van der Waals surface area contributed by atoms with Gasteiger partial charge < -0.3 is 14.5 Å². The molecule has 0 radical (unpaired) electrons. The topological polar surface area (TPSA) is 70.2 Å². The molecule has 0 bridgehead atoms. The number of rotatable bonds is 5. The number of hydrogen-bond donors (Lipinski definition) is 0. The van der Waals surface area contributed by atoms with Crippen molar-refractivity contribution < 1.29 is 17.9 Å². The Bertz CT molecular complexity index is 869. The van der Waals surface area contributed by atoms with Gasteiger partial charge in [-0.1, -0.05) is 0 Å². The van der Waals surface area contributed by atoms with Gasteiger partial charge in [0.05, 0.1) is 4.90 Å². The summed E-state index contributed by atoms with van der Waals surface area (Å²) in [5.41, 5.74) is 0.579. The zero-order valence-electron chi connectivity index (χ0n) is 19.6. The monoisotopic (exact) mass is 485 g/mol. The number of nitrogens with zero attached hydrogens (tertiary/aromatic N) is 3. The number of carbonyl (C=O) groups is 1. The minimum Gasteiger partial charge on any atom is -0.444 e. The molecule has 1 aromatic carbocycles. The first-order valence-corrected chi connectivity index (χ1v) is 13.6. The summed E-state index contributed by atoms with van der Waals surface area (Å²) in [6.45, 7) is 11.5. The molecule has 1 unspecified atom stereocenters. The summed E-state index contributed by atoms with van der Waals surface area (Å²) in [5.74, 6) is 0.400. The molecule has 3 rings (SSSR count). The van der Waals surface area contributed by atoms with Gasteiger partial charge in [-0.15, -0.1) is 11.6 Å². The second kappa shape index (κ2) is 10.2. The van der Waals surface area contributed by atoms with Gasteiger partial charge in [0, 0.05) is 63.1 Å². The first-order chi connectivity index (χ1) is 14.9. The van der Waals surface area contributed by atoms with Crippen molar-refractivity contribution in [1.29, 1.82) is 0 Å². The zero-order valence-corrected chi connectivity index (χ0v) is 21.2. The van der Waals surface area contributed by atoms with E-state index in [9.17, 15) is 13.2 Å². The van der Waals surface area contributed by atoms with Gasteiger partial charge in [0.15, 0.2) is 9.84 Å². The van der Waals surface area contributed by atoms with E-state index in [1.807, 2.05) is 32.9 Å². The standard InChI is InChI=1S/C23H36ClN3O4S/c1-23(2,3)31-22(28)27-11-9-18(10-12-27)21(24)17-25-13-15-26(16-14-25)19-5-7-20(8-6-19)32(4,29)30/h5-8,18,21H,9-17H2,1-4H3. The van der Waals surface area contributed by atoms with Crippen LogP contribution in [0.5, 0.6) is 0 Å². The molecule has 2 fully saturated rings. The molecule has 2 heterocycles. The third-order valence-electron chi connectivity index (χ3n) is 6.14. The van der Waals surface area contributed by atoms with Crippen LogP contribution in [-0.2, 0) is 14.6 Å². The fourth-order valence-corrected chi connectivity index (χ4v) is 5.34. The highest BCUT2D eigenvalue weighted by molar-refractivity contribution is 7.90. The van der Waals surface area contributed by atoms with E-state index in [0.29, 0.717) is 23.9 Å². The molecule has 0 aliphatic carbocycles. The van der Waals surface area contributed by atoms with E-state index >= 15 is 0 Å². The van der Waals surface area contributed by atoms with E-state index in [2.05, 4.69) is 9.80 Å². The number of alkyl halides is 1. The molecule has 0 spiro atoms. The lowest BCUT2D eigenvalue weighted by atomic mass is 9.93. The van der Waals surface area contributed by atoms with Crippen molar-refractivity contribution >= 4 is 33.2 Å². The van der Waals surface area contributed by atoms with E-state index in [0.717, 1.165) is 51.3 Å². The van der Waals surface area contributed by atoms with Crippen LogP contribution in [-0.4, -0.2) is 87.4 Å². The Morgan fingerprint density at radius 1 is 1.06 bits per heavy atom. The molecule has 2 aliphatic rings. The number of anilines is 1. The summed E-state index contributed by atoms with van der Waals surface area (Å²) < 4.78 is 28.8. The number of sulfone groups is 1. The minimum atomic E-state index is -3.17. The van der Waals surface area contributed by atoms with Crippen molar-refractivity contribution in [3.8, 4) is 0 Å². The van der Waals surface area contributed by atoms with Crippen molar-refractivity contribution in [1.82, 2.24) is 9.80 Å². The van der Waals surface area contributed by atoms with Gasteiger partial charge in [0.2, 0.25) is 0 Å². The number of carbonyl (C=O) groups excluding carboxylic acids is 1. The molecule has 7 nitrogen and oxygen atoms in total. The van der Waals surface area contributed by atoms with Crippen LogP contribution in [0.15, 0.2) is 29.2 Å². The Hall–Kier alpha value is -1.51. The number of piperazine rings is 1. The molecule has 9 heteroatoms. The van der Waals surface area contributed by atoms with E-state index in [1.165, 1.54) is 6.26 Å². The molecule has 2 aliphatic heterocycles. The van der Waals surface area contributed by atoms with Crippen LogP contribution in [0.4, 0.5) is 10.5 Å². The quantitative estimate of drug-likeness (QED) is 0.595. The minimum absolute atomic E-state index is 0.0661. The maximum atomic E-state index is 12.3. The Morgan fingerprint density at radius 2 is 1.62 bits per heavy atom. The smallest absolute Gasteiger partial charge is 0.410 e. The molecule has 0 saturated carbocycles. The number of halogens is 1. The van der Waals surface area contributed by atoms with Crippen LogP contribution in [0.1, 0.15) is 33.6 Å². The average molecular weight is 486 g/mol. The van der Waals surface area contributed by atoms with Crippen LogP contribution in [0, 0.1) is 5.92 Å². The van der Waals surface area contributed by atoms with Crippen LogP contribution < -0.4 is 4.90 Å². The van der Waals surface area contributed by atoms with Crippen molar-refractivity contribution in [2.24, 2.45) is 5.92 Å². The summed E-state index contributed by atoms with van der Waals surface area (Å²) in [6.07, 6.45) is 2.80. The molecular formula is C23H36ClN3O4S. The van der Waals surface area contributed by atoms with Crippen molar-refractivity contribution in [3.63, 3.8) is 0 Å². The lowest BCUT2D eigenvalue weighted by Crippen LogP contribution is -2.49. The second-order valence-corrected chi connectivity index (χ2v) is 12.5. The number of benzene rings is 1. The molecular weight excluding hydrogens is 450 g/mol. The summed E-state index contributed by atoms with van der Waals surface area (Å²) >= 11 is 6.79. The summed E-state index contributed by atoms with van der Waals surface area (Å²) in [7, 11) is -3.17.